The summed E-state index contributed by atoms with van der Waals surface area (Å²) in [5.74, 6) is 0. The van der Waals surface area contributed by atoms with Gasteiger partial charge in [-0.25, -0.2) is 0 Å². The highest BCUT2D eigenvalue weighted by Crippen LogP contribution is 2.28. The second kappa shape index (κ2) is 7.21. The second-order valence-corrected chi connectivity index (χ2v) is 5.74. The first kappa shape index (κ1) is 13.9. The molecule has 1 nitrogen and oxygen atoms in total. The van der Waals surface area contributed by atoms with E-state index in [-0.39, 0.29) is 0 Å². The van der Waals surface area contributed by atoms with Crippen molar-refractivity contribution in [3.05, 3.63) is 29.3 Å². The molecule has 0 saturated heterocycles. The Morgan fingerprint density at radius 2 is 2.12 bits per heavy atom. The summed E-state index contributed by atoms with van der Waals surface area (Å²) in [7, 11) is 0. The quantitative estimate of drug-likeness (QED) is 0.767. The Morgan fingerprint density at radius 1 is 1.38 bits per heavy atom. The molecule has 0 aliphatic heterocycles. The predicted molar refractivity (Wildman–Crippen MR) is 74.5 cm³/mol. The van der Waals surface area contributed by atoms with E-state index >= 15 is 0 Å². The molecule has 2 unspecified atom stereocenters. The fourth-order valence-electron chi connectivity index (χ4n) is 1.74. The van der Waals surface area contributed by atoms with E-state index in [1.54, 1.807) is 0 Å². The minimum absolute atomic E-state index is 0.559. The van der Waals surface area contributed by atoms with Gasteiger partial charge in [0, 0.05) is 21.2 Å². The van der Waals surface area contributed by atoms with Crippen LogP contribution >= 0.6 is 23.4 Å². The summed E-state index contributed by atoms with van der Waals surface area (Å²) in [6.07, 6.45) is 1.16. The molecule has 0 amide bonds. The van der Waals surface area contributed by atoms with Crippen molar-refractivity contribution in [2.45, 2.75) is 43.4 Å². The van der Waals surface area contributed by atoms with E-state index in [9.17, 15) is 0 Å². The van der Waals surface area contributed by atoms with Crippen molar-refractivity contribution in [1.29, 1.82) is 0 Å². The number of hydrogen-bond acceptors (Lipinski definition) is 2. The largest absolute Gasteiger partial charge is 0.313 e. The fourth-order valence-corrected chi connectivity index (χ4v) is 3.23. The van der Waals surface area contributed by atoms with Crippen molar-refractivity contribution in [2.24, 2.45) is 0 Å². The first-order valence-corrected chi connectivity index (χ1v) is 7.08. The number of hydrogen-bond donors (Lipinski definition) is 1. The van der Waals surface area contributed by atoms with Crippen LogP contribution in [0.5, 0.6) is 0 Å². The van der Waals surface area contributed by atoms with Gasteiger partial charge in [-0.15, -0.1) is 11.8 Å². The SMILES string of the molecule is CCNC(CC)C(C)Sc1cccc(Cl)c1. The minimum atomic E-state index is 0.559. The van der Waals surface area contributed by atoms with Gasteiger partial charge in [-0.1, -0.05) is 38.4 Å². The van der Waals surface area contributed by atoms with Crippen molar-refractivity contribution in [2.75, 3.05) is 6.54 Å². The fraction of sp³-hybridized carbons (Fsp3) is 0.538. The molecule has 16 heavy (non-hydrogen) atoms. The number of thioether (sulfide) groups is 1. The molecule has 0 radical (unpaired) electrons. The molecule has 0 aliphatic carbocycles. The summed E-state index contributed by atoms with van der Waals surface area (Å²) in [6.45, 7) is 7.67. The lowest BCUT2D eigenvalue weighted by molar-refractivity contribution is 0.509. The van der Waals surface area contributed by atoms with Gasteiger partial charge in [-0.3, -0.25) is 0 Å². The average molecular weight is 258 g/mol. The maximum absolute atomic E-state index is 5.97. The molecular weight excluding hydrogens is 238 g/mol. The molecule has 0 heterocycles. The average Bonchev–Trinajstić information content (AvgIpc) is 2.25. The zero-order valence-electron chi connectivity index (χ0n) is 10.2. The van der Waals surface area contributed by atoms with Gasteiger partial charge in [0.05, 0.1) is 0 Å². The number of rotatable bonds is 6. The first-order chi connectivity index (χ1) is 7.67. The van der Waals surface area contributed by atoms with Crippen molar-refractivity contribution in [3.63, 3.8) is 0 Å². The number of benzene rings is 1. The molecule has 0 spiro atoms. The second-order valence-electron chi connectivity index (χ2n) is 3.85. The Labute approximate surface area is 108 Å². The van der Waals surface area contributed by atoms with Gasteiger partial charge in [-0.05, 0) is 31.2 Å². The van der Waals surface area contributed by atoms with Crippen molar-refractivity contribution >= 4 is 23.4 Å². The van der Waals surface area contributed by atoms with Crippen LogP contribution < -0.4 is 5.32 Å². The summed E-state index contributed by atoms with van der Waals surface area (Å²) >= 11 is 7.86. The Balaban J connectivity index is 2.58. The standard InChI is InChI=1S/C13H20ClNS/c1-4-13(15-5-2)10(3)16-12-8-6-7-11(14)9-12/h6-10,13,15H,4-5H2,1-3H3. The lowest BCUT2D eigenvalue weighted by Gasteiger charge is -2.23. The summed E-state index contributed by atoms with van der Waals surface area (Å²) < 4.78 is 0. The molecular formula is C13H20ClNS. The Morgan fingerprint density at radius 3 is 2.69 bits per heavy atom. The van der Waals surface area contributed by atoms with Crippen LogP contribution in [-0.2, 0) is 0 Å². The van der Waals surface area contributed by atoms with Gasteiger partial charge in [0.25, 0.3) is 0 Å². The summed E-state index contributed by atoms with van der Waals surface area (Å²) in [6, 6.07) is 8.63. The van der Waals surface area contributed by atoms with Crippen LogP contribution in [0.15, 0.2) is 29.2 Å². The van der Waals surface area contributed by atoms with Crippen molar-refractivity contribution in [1.82, 2.24) is 5.32 Å². The molecule has 1 aromatic carbocycles. The van der Waals surface area contributed by atoms with E-state index in [4.69, 9.17) is 11.6 Å². The van der Waals surface area contributed by atoms with Gasteiger partial charge < -0.3 is 5.32 Å². The summed E-state index contributed by atoms with van der Waals surface area (Å²) in [4.78, 5) is 1.25. The van der Waals surface area contributed by atoms with Gasteiger partial charge in [0.1, 0.15) is 0 Å². The van der Waals surface area contributed by atoms with E-state index in [1.165, 1.54) is 4.90 Å². The van der Waals surface area contributed by atoms with Crippen LogP contribution in [0.2, 0.25) is 5.02 Å². The van der Waals surface area contributed by atoms with E-state index in [2.05, 4.69) is 32.2 Å². The van der Waals surface area contributed by atoms with Gasteiger partial charge in [0.2, 0.25) is 0 Å². The maximum Gasteiger partial charge on any atom is 0.0417 e. The molecule has 0 fully saturated rings. The zero-order chi connectivity index (χ0) is 12.0. The zero-order valence-corrected chi connectivity index (χ0v) is 11.7. The molecule has 3 heteroatoms. The number of halogens is 1. The van der Waals surface area contributed by atoms with Gasteiger partial charge in [-0.2, -0.15) is 0 Å². The molecule has 1 N–H and O–H groups in total. The highest BCUT2D eigenvalue weighted by Gasteiger charge is 2.15. The third kappa shape index (κ3) is 4.36. The monoisotopic (exact) mass is 257 g/mol. The maximum atomic E-state index is 5.97. The first-order valence-electron chi connectivity index (χ1n) is 5.83. The highest BCUT2D eigenvalue weighted by molar-refractivity contribution is 8.00. The van der Waals surface area contributed by atoms with E-state index in [0.717, 1.165) is 18.0 Å². The van der Waals surface area contributed by atoms with E-state index < -0.39 is 0 Å². The summed E-state index contributed by atoms with van der Waals surface area (Å²) in [5.41, 5.74) is 0. The molecule has 0 aromatic heterocycles. The molecule has 2 atom stereocenters. The van der Waals surface area contributed by atoms with E-state index in [0.29, 0.717) is 11.3 Å². The van der Waals surface area contributed by atoms with Crippen LogP contribution in [0, 0.1) is 0 Å². The molecule has 1 rings (SSSR count). The van der Waals surface area contributed by atoms with Crippen LogP contribution in [0.4, 0.5) is 0 Å². The molecule has 0 saturated carbocycles. The third-order valence-electron chi connectivity index (χ3n) is 2.59. The van der Waals surface area contributed by atoms with Crippen molar-refractivity contribution < 1.29 is 0 Å². The normalized spacial score (nSPS) is 14.8. The lowest BCUT2D eigenvalue weighted by Crippen LogP contribution is -2.35. The molecule has 0 bridgehead atoms. The predicted octanol–water partition coefficient (Wildman–Crippen LogP) is 4.21. The Hall–Kier alpha value is -0.180. The molecule has 0 aliphatic rings. The number of nitrogens with one attached hydrogen (secondary N) is 1. The smallest absolute Gasteiger partial charge is 0.0417 e. The summed E-state index contributed by atoms with van der Waals surface area (Å²) in [5, 5.41) is 4.89. The topological polar surface area (TPSA) is 12.0 Å². The van der Waals surface area contributed by atoms with Crippen LogP contribution in [0.25, 0.3) is 0 Å². The Bertz CT molecular complexity index is 317. The highest BCUT2D eigenvalue weighted by atomic mass is 35.5. The van der Waals surface area contributed by atoms with Crippen LogP contribution in [0.3, 0.4) is 0 Å². The van der Waals surface area contributed by atoms with Crippen LogP contribution in [0.1, 0.15) is 27.2 Å². The van der Waals surface area contributed by atoms with Gasteiger partial charge >= 0.3 is 0 Å². The Kier molecular flexibility index (Phi) is 6.25. The minimum Gasteiger partial charge on any atom is -0.313 e. The third-order valence-corrected chi connectivity index (χ3v) is 4.05. The molecule has 90 valence electrons. The van der Waals surface area contributed by atoms with E-state index in [1.807, 2.05) is 30.0 Å². The molecule has 1 aromatic rings. The van der Waals surface area contributed by atoms with Gasteiger partial charge in [0.15, 0.2) is 0 Å². The lowest BCUT2D eigenvalue weighted by atomic mass is 10.2. The van der Waals surface area contributed by atoms with Crippen molar-refractivity contribution in [3.8, 4) is 0 Å². The van der Waals surface area contributed by atoms with Crippen LogP contribution in [-0.4, -0.2) is 17.8 Å².